The number of benzene rings is 8. The van der Waals surface area contributed by atoms with Crippen LogP contribution in [-0.4, -0.2) is 0 Å². The number of rotatable bonds is 7. The highest BCUT2D eigenvalue weighted by Crippen LogP contribution is 2.57. The van der Waals surface area contributed by atoms with Gasteiger partial charge in [0.2, 0.25) is 0 Å². The molecule has 8 aromatic carbocycles. The smallest absolute Gasteiger partial charge is 0.105 e. The predicted molar refractivity (Wildman–Crippen MR) is 240 cm³/mol. The Bertz CT molecular complexity index is 2700. The van der Waals surface area contributed by atoms with E-state index in [1.807, 2.05) is 11.3 Å². The van der Waals surface area contributed by atoms with Gasteiger partial charge < -0.3 is 9.80 Å². The first-order valence-corrected chi connectivity index (χ1v) is 20.1. The van der Waals surface area contributed by atoms with Crippen molar-refractivity contribution < 1.29 is 0 Å². The third-order valence-corrected chi connectivity index (χ3v) is 12.4. The highest BCUT2D eigenvalue weighted by Gasteiger charge is 2.39. The number of hydrogen-bond acceptors (Lipinski definition) is 3. The number of hydrogen-bond donors (Lipinski definition) is 0. The molecule has 0 amide bonds. The lowest BCUT2D eigenvalue weighted by atomic mass is 9.74. The number of thiophene rings is 1. The molecule has 0 aliphatic carbocycles. The molecule has 0 saturated heterocycles. The van der Waals surface area contributed by atoms with E-state index in [4.69, 9.17) is 0 Å². The van der Waals surface area contributed by atoms with Crippen LogP contribution in [0.1, 0.15) is 25.0 Å². The molecule has 1 aliphatic heterocycles. The molecule has 0 N–H and O–H groups in total. The first kappa shape index (κ1) is 33.9. The maximum absolute atomic E-state index is 2.47. The zero-order chi connectivity index (χ0) is 37.6. The van der Waals surface area contributed by atoms with Crippen LogP contribution in [0.2, 0.25) is 0 Å². The minimum absolute atomic E-state index is 0.106. The fourth-order valence-electron chi connectivity index (χ4n) is 8.41. The normalized spacial score (nSPS) is 12.9. The quantitative estimate of drug-likeness (QED) is 0.161. The van der Waals surface area contributed by atoms with Gasteiger partial charge in [-0.1, -0.05) is 159 Å². The Hall–Kier alpha value is -6.68. The summed E-state index contributed by atoms with van der Waals surface area (Å²) in [5, 5.41) is 2.66. The van der Waals surface area contributed by atoms with Gasteiger partial charge >= 0.3 is 0 Å². The largest absolute Gasteiger partial charge is 0.311 e. The Morgan fingerprint density at radius 1 is 0.411 bits per heavy atom. The van der Waals surface area contributed by atoms with Crippen LogP contribution < -0.4 is 9.80 Å². The molecule has 0 fully saturated rings. The van der Waals surface area contributed by atoms with Gasteiger partial charge in [-0.3, -0.25) is 0 Å². The van der Waals surface area contributed by atoms with Crippen LogP contribution in [-0.2, 0) is 5.41 Å². The first-order chi connectivity index (χ1) is 27.5. The molecule has 10 rings (SSSR count). The third-order valence-electron chi connectivity index (χ3n) is 11.3. The minimum Gasteiger partial charge on any atom is -0.311 e. The molecule has 268 valence electrons. The molecular weight excluding hydrogens is 697 g/mol. The zero-order valence-electron chi connectivity index (χ0n) is 31.4. The number of para-hydroxylation sites is 1. The van der Waals surface area contributed by atoms with Crippen molar-refractivity contribution in [2.24, 2.45) is 0 Å². The second-order valence-electron chi connectivity index (χ2n) is 15.0. The topological polar surface area (TPSA) is 6.48 Å². The van der Waals surface area contributed by atoms with Crippen LogP contribution in [0, 0.1) is 0 Å². The number of nitrogens with zero attached hydrogens (tertiary/aromatic N) is 2. The van der Waals surface area contributed by atoms with Crippen molar-refractivity contribution in [3.63, 3.8) is 0 Å². The van der Waals surface area contributed by atoms with E-state index in [0.29, 0.717) is 0 Å². The molecule has 0 spiro atoms. The molecule has 0 atom stereocenters. The molecule has 2 nitrogen and oxygen atoms in total. The highest BCUT2D eigenvalue weighted by molar-refractivity contribution is 7.23. The number of anilines is 6. The van der Waals surface area contributed by atoms with Gasteiger partial charge in [0.05, 0.1) is 5.69 Å². The molecule has 1 aliphatic rings. The molecule has 0 bridgehead atoms. The van der Waals surface area contributed by atoms with Crippen LogP contribution in [0.4, 0.5) is 33.4 Å². The fraction of sp³-hybridized carbons (Fsp3) is 0.0566. The van der Waals surface area contributed by atoms with Gasteiger partial charge in [-0.2, -0.15) is 0 Å². The van der Waals surface area contributed by atoms with E-state index in [1.54, 1.807) is 0 Å². The fourth-order valence-corrected chi connectivity index (χ4v) is 9.81. The molecule has 9 aromatic rings. The van der Waals surface area contributed by atoms with E-state index in [1.165, 1.54) is 71.0 Å². The van der Waals surface area contributed by atoms with Gasteiger partial charge in [-0.15, -0.1) is 11.3 Å². The lowest BCUT2D eigenvalue weighted by molar-refractivity contribution is 0.641. The molecule has 0 radical (unpaired) electrons. The van der Waals surface area contributed by atoms with Crippen molar-refractivity contribution >= 4 is 54.9 Å². The Morgan fingerprint density at radius 2 is 0.821 bits per heavy atom. The van der Waals surface area contributed by atoms with Crippen LogP contribution in [0.3, 0.4) is 0 Å². The van der Waals surface area contributed by atoms with Gasteiger partial charge in [0, 0.05) is 38.4 Å². The van der Waals surface area contributed by atoms with E-state index in [-0.39, 0.29) is 5.41 Å². The summed E-state index contributed by atoms with van der Waals surface area (Å²) >= 11 is 1.89. The summed E-state index contributed by atoms with van der Waals surface area (Å²) in [6.45, 7) is 4.74. The van der Waals surface area contributed by atoms with Crippen molar-refractivity contribution in [3.05, 3.63) is 217 Å². The van der Waals surface area contributed by atoms with Crippen molar-refractivity contribution in [2.45, 2.75) is 19.3 Å². The van der Waals surface area contributed by atoms with Crippen molar-refractivity contribution in [2.75, 3.05) is 9.80 Å². The summed E-state index contributed by atoms with van der Waals surface area (Å²) in [7, 11) is 0. The molecule has 0 saturated carbocycles. The average molecular weight is 737 g/mol. The highest BCUT2D eigenvalue weighted by atomic mass is 32.1. The summed E-state index contributed by atoms with van der Waals surface area (Å²) in [6.07, 6.45) is 0. The molecule has 3 heteroatoms. The maximum atomic E-state index is 2.47. The Morgan fingerprint density at radius 3 is 1.34 bits per heavy atom. The predicted octanol–water partition coefficient (Wildman–Crippen LogP) is 15.5. The Balaban J connectivity index is 0.989. The van der Waals surface area contributed by atoms with Gasteiger partial charge in [-0.25, -0.2) is 0 Å². The summed E-state index contributed by atoms with van der Waals surface area (Å²) in [6, 6.07) is 74.7. The second-order valence-corrected chi connectivity index (χ2v) is 16.0. The van der Waals surface area contributed by atoms with Crippen LogP contribution in [0.25, 0.3) is 43.5 Å². The van der Waals surface area contributed by atoms with E-state index in [0.717, 1.165) is 17.1 Å². The Labute approximate surface area is 333 Å². The molecule has 2 heterocycles. The van der Waals surface area contributed by atoms with Gasteiger partial charge in [0.25, 0.3) is 0 Å². The summed E-state index contributed by atoms with van der Waals surface area (Å²) in [4.78, 5) is 4.81. The van der Waals surface area contributed by atoms with E-state index >= 15 is 0 Å². The first-order valence-electron chi connectivity index (χ1n) is 19.3. The van der Waals surface area contributed by atoms with Crippen molar-refractivity contribution in [1.29, 1.82) is 0 Å². The van der Waals surface area contributed by atoms with Gasteiger partial charge in [0.15, 0.2) is 0 Å². The SMILES string of the molecule is CC1(C)c2ccccc2N(c2ccc(-c3ccc(N(c4ccc(-c5ccccc5)cc4)c4ccc(-c5ccccc5)cc4)cc3)cc2)c2sc3ccccc3c21. The van der Waals surface area contributed by atoms with Crippen LogP contribution in [0.15, 0.2) is 206 Å². The lowest BCUT2D eigenvalue weighted by Crippen LogP contribution is -2.29. The minimum atomic E-state index is -0.106. The molecule has 1 aromatic heterocycles. The van der Waals surface area contributed by atoms with Crippen LogP contribution in [0.5, 0.6) is 0 Å². The summed E-state index contributed by atoms with van der Waals surface area (Å²) in [5.74, 6) is 0. The standard InChI is InChI=1S/C53H40N2S/c1-53(2)48-18-10-11-19-49(48)55(52-51(53)47-17-9-12-20-50(47)56-52)46-35-27-42(28-36-46)41-25-33-45(34-26-41)54(43-29-21-39(22-30-43)37-13-5-3-6-14-37)44-31-23-40(24-32-44)38-15-7-4-8-16-38/h3-36H,1-2H3. The monoisotopic (exact) mass is 736 g/mol. The maximum Gasteiger partial charge on any atom is 0.105 e. The van der Waals surface area contributed by atoms with Crippen molar-refractivity contribution in [1.82, 2.24) is 0 Å². The molecule has 56 heavy (non-hydrogen) atoms. The number of fused-ring (bicyclic) bond motifs is 4. The van der Waals surface area contributed by atoms with E-state index in [2.05, 4.69) is 230 Å². The second kappa shape index (κ2) is 13.9. The van der Waals surface area contributed by atoms with Crippen molar-refractivity contribution in [3.8, 4) is 33.4 Å². The van der Waals surface area contributed by atoms with E-state index in [9.17, 15) is 0 Å². The average Bonchev–Trinajstić information content (AvgIpc) is 3.66. The summed E-state index contributed by atoms with van der Waals surface area (Å²) < 4.78 is 1.33. The van der Waals surface area contributed by atoms with E-state index < -0.39 is 0 Å². The molecule has 0 unspecified atom stereocenters. The van der Waals surface area contributed by atoms with Crippen LogP contribution >= 0.6 is 11.3 Å². The lowest BCUT2D eigenvalue weighted by Gasteiger charge is -2.40. The van der Waals surface area contributed by atoms with Gasteiger partial charge in [0.1, 0.15) is 5.00 Å². The zero-order valence-corrected chi connectivity index (χ0v) is 32.2. The Kier molecular flexibility index (Phi) is 8.39. The summed E-state index contributed by atoms with van der Waals surface area (Å²) in [5.41, 5.74) is 15.6. The van der Waals surface area contributed by atoms with Gasteiger partial charge in [-0.05, 0) is 105 Å². The molecular formula is C53H40N2S. The third kappa shape index (κ3) is 5.89.